The van der Waals surface area contributed by atoms with E-state index in [0.29, 0.717) is 16.6 Å². The first-order chi connectivity index (χ1) is 16.6. The van der Waals surface area contributed by atoms with Gasteiger partial charge in [-0.2, -0.15) is 0 Å². The molecule has 0 saturated heterocycles. The van der Waals surface area contributed by atoms with E-state index in [9.17, 15) is 0 Å². The Morgan fingerprint density at radius 2 is 1.37 bits per heavy atom. The van der Waals surface area contributed by atoms with Crippen molar-refractivity contribution in [3.8, 4) is 23.0 Å². The van der Waals surface area contributed by atoms with E-state index in [1.165, 1.54) is 16.7 Å². The van der Waals surface area contributed by atoms with Crippen LogP contribution >= 0.6 is 0 Å². The summed E-state index contributed by atoms with van der Waals surface area (Å²) in [5.74, 6) is 3.29. The molecule has 35 heavy (non-hydrogen) atoms. The lowest BCUT2D eigenvalue weighted by atomic mass is 9.88. The molecule has 1 heterocycles. The lowest BCUT2D eigenvalue weighted by molar-refractivity contribution is 0.228. The molecule has 0 aromatic heterocycles. The summed E-state index contributed by atoms with van der Waals surface area (Å²) in [7, 11) is 5.23. The smallest absolute Gasteiger partial charge is 0.258 e. The summed E-state index contributed by atoms with van der Waals surface area (Å²) in [6, 6.07) is 11.0. The van der Waals surface area contributed by atoms with Crippen LogP contribution in [0.15, 0.2) is 30.3 Å². The number of rotatable bonds is 10. The van der Waals surface area contributed by atoms with Crippen molar-refractivity contribution in [2.24, 2.45) is 0 Å². The molecule has 2 aromatic rings. The number of benzene rings is 2. The highest BCUT2D eigenvalue weighted by Gasteiger charge is 2.47. The van der Waals surface area contributed by atoms with Crippen LogP contribution in [-0.2, 0) is 12.8 Å². The van der Waals surface area contributed by atoms with Gasteiger partial charge in [-0.25, -0.2) is 0 Å². The fourth-order valence-corrected chi connectivity index (χ4v) is 11.4. The molecule has 0 amide bonds. The molecule has 6 heteroatoms. The average Bonchev–Trinajstić information content (AvgIpc) is 2.82. The first-order valence-corrected chi connectivity index (χ1v) is 15.0. The molecule has 2 aromatic carbocycles. The number of nitrogens with zero attached hydrogens (tertiary/aromatic N) is 1. The van der Waals surface area contributed by atoms with Crippen molar-refractivity contribution >= 4 is 8.32 Å². The molecule has 0 aliphatic carbocycles. The molecule has 1 aliphatic heterocycles. The summed E-state index contributed by atoms with van der Waals surface area (Å²) in [5.41, 5.74) is 5.38. The number of ether oxygens (including phenoxy) is 3. The van der Waals surface area contributed by atoms with E-state index in [0.717, 1.165) is 42.4 Å². The van der Waals surface area contributed by atoms with Crippen LogP contribution in [-0.4, -0.2) is 48.1 Å². The first-order valence-electron chi connectivity index (χ1n) is 12.9. The Labute approximate surface area is 213 Å². The number of hydrogen-bond donors (Lipinski definition) is 0. The van der Waals surface area contributed by atoms with Gasteiger partial charge in [0.05, 0.1) is 21.3 Å². The van der Waals surface area contributed by atoms with Crippen LogP contribution in [0.4, 0.5) is 0 Å². The Morgan fingerprint density at radius 1 is 0.800 bits per heavy atom. The van der Waals surface area contributed by atoms with Gasteiger partial charge < -0.3 is 18.6 Å². The van der Waals surface area contributed by atoms with E-state index < -0.39 is 8.32 Å². The Bertz CT molecular complexity index is 983. The third-order valence-electron chi connectivity index (χ3n) is 7.92. The quantitative estimate of drug-likeness (QED) is 0.328. The van der Waals surface area contributed by atoms with Gasteiger partial charge in [-0.1, -0.05) is 47.6 Å². The number of fused-ring (bicyclic) bond motifs is 1. The van der Waals surface area contributed by atoms with Crippen molar-refractivity contribution in [1.29, 1.82) is 0 Å². The Morgan fingerprint density at radius 3 is 1.91 bits per heavy atom. The predicted molar refractivity (Wildman–Crippen MR) is 147 cm³/mol. The van der Waals surface area contributed by atoms with Gasteiger partial charge in [-0.15, -0.1) is 0 Å². The molecule has 0 saturated carbocycles. The minimum atomic E-state index is -2.11. The van der Waals surface area contributed by atoms with Crippen molar-refractivity contribution in [1.82, 2.24) is 4.90 Å². The Balaban J connectivity index is 2.00. The molecule has 0 N–H and O–H groups in total. The second-order valence-electron chi connectivity index (χ2n) is 10.8. The summed E-state index contributed by atoms with van der Waals surface area (Å²) in [4.78, 5) is 2.44. The molecule has 3 rings (SSSR count). The van der Waals surface area contributed by atoms with Crippen molar-refractivity contribution in [3.63, 3.8) is 0 Å². The van der Waals surface area contributed by atoms with Crippen LogP contribution in [0.5, 0.6) is 23.0 Å². The van der Waals surface area contributed by atoms with Crippen molar-refractivity contribution in [2.75, 3.05) is 34.9 Å². The molecule has 5 nitrogen and oxygen atoms in total. The minimum Gasteiger partial charge on any atom is -0.540 e. The minimum absolute atomic E-state index is 0.252. The zero-order valence-corrected chi connectivity index (χ0v) is 24.4. The second kappa shape index (κ2) is 11.3. The Hall–Kier alpha value is -2.18. The summed E-state index contributed by atoms with van der Waals surface area (Å²) in [6.45, 7) is 14.9. The average molecular weight is 500 g/mol. The van der Waals surface area contributed by atoms with Gasteiger partial charge in [0.15, 0.2) is 17.2 Å². The third-order valence-corrected chi connectivity index (χ3v) is 13.9. The topological polar surface area (TPSA) is 40.2 Å². The lowest BCUT2D eigenvalue weighted by Crippen LogP contribution is -2.50. The summed E-state index contributed by atoms with van der Waals surface area (Å²) in [6.07, 6.45) is 1.89. The molecule has 0 spiro atoms. The molecule has 0 fully saturated rings. The highest BCUT2D eigenvalue weighted by molar-refractivity contribution is 6.78. The Kier molecular flexibility index (Phi) is 8.81. The summed E-state index contributed by atoms with van der Waals surface area (Å²) in [5, 5.41) is 0. The normalized spacial score (nSPS) is 16.5. The van der Waals surface area contributed by atoms with E-state index >= 15 is 0 Å². The number of likely N-dealkylation sites (N-methyl/N-ethyl adjacent to an activating group) is 1. The van der Waals surface area contributed by atoms with Crippen LogP contribution in [0.25, 0.3) is 0 Å². The van der Waals surface area contributed by atoms with E-state index in [4.69, 9.17) is 18.6 Å². The summed E-state index contributed by atoms with van der Waals surface area (Å²) < 4.78 is 24.0. The molecule has 1 unspecified atom stereocenters. The van der Waals surface area contributed by atoms with Gasteiger partial charge in [-0.3, -0.25) is 4.90 Å². The van der Waals surface area contributed by atoms with E-state index in [-0.39, 0.29) is 6.04 Å². The third kappa shape index (κ3) is 5.33. The monoisotopic (exact) mass is 499 g/mol. The van der Waals surface area contributed by atoms with Gasteiger partial charge in [0.1, 0.15) is 5.75 Å². The maximum Gasteiger partial charge on any atom is 0.258 e. The fourth-order valence-electron chi connectivity index (χ4n) is 6.11. The molecular formula is C29H45NO4Si. The van der Waals surface area contributed by atoms with Crippen LogP contribution in [0, 0.1) is 0 Å². The fraction of sp³-hybridized carbons (Fsp3) is 0.586. The molecule has 0 radical (unpaired) electrons. The van der Waals surface area contributed by atoms with Gasteiger partial charge in [-0.05, 0) is 77.5 Å². The molecule has 0 bridgehead atoms. The van der Waals surface area contributed by atoms with Crippen molar-refractivity contribution in [3.05, 3.63) is 47.0 Å². The standard InChI is InChI=1S/C29H45NO4Si/c1-19(2)35(20(3)4,21(5)6)34-29-16-22(11-12-26(29)31-8)15-25-24-18-28(33-10)27(32-9)17-23(24)13-14-30(25)7/h11-12,16-21,25H,13-15H2,1-10H3. The zero-order chi connectivity index (χ0) is 25.9. The largest absolute Gasteiger partial charge is 0.540 e. The lowest BCUT2D eigenvalue weighted by Gasteiger charge is -2.42. The first kappa shape index (κ1) is 27.4. The molecule has 194 valence electrons. The van der Waals surface area contributed by atoms with Crippen LogP contribution in [0.2, 0.25) is 16.6 Å². The van der Waals surface area contributed by atoms with Crippen molar-refractivity contribution < 1.29 is 18.6 Å². The number of hydrogen-bond acceptors (Lipinski definition) is 5. The maximum atomic E-state index is 7.07. The predicted octanol–water partition coefficient (Wildman–Crippen LogP) is 7.04. The molecule has 1 atom stereocenters. The van der Waals surface area contributed by atoms with E-state index in [1.54, 1.807) is 21.3 Å². The SMILES string of the molecule is COc1cc2c(cc1OC)C(Cc1ccc(OC)c(O[Si](C(C)C)(C(C)C)C(C)C)c1)N(C)CC2. The second-order valence-corrected chi connectivity index (χ2v) is 16.1. The van der Waals surface area contributed by atoms with Gasteiger partial charge in [0, 0.05) is 12.6 Å². The van der Waals surface area contributed by atoms with Crippen LogP contribution in [0.3, 0.4) is 0 Å². The zero-order valence-electron chi connectivity index (χ0n) is 23.4. The van der Waals surface area contributed by atoms with Gasteiger partial charge in [0.25, 0.3) is 8.32 Å². The van der Waals surface area contributed by atoms with Crippen molar-refractivity contribution in [2.45, 2.75) is 77.0 Å². The molecular weight excluding hydrogens is 454 g/mol. The highest BCUT2D eigenvalue weighted by atomic mass is 28.4. The highest BCUT2D eigenvalue weighted by Crippen LogP contribution is 2.45. The maximum absolute atomic E-state index is 7.07. The molecule has 1 aliphatic rings. The van der Waals surface area contributed by atoms with E-state index in [1.807, 2.05) is 0 Å². The van der Waals surface area contributed by atoms with Gasteiger partial charge in [0.2, 0.25) is 0 Å². The summed E-state index contributed by atoms with van der Waals surface area (Å²) >= 11 is 0. The number of methoxy groups -OCH3 is 3. The van der Waals surface area contributed by atoms with Gasteiger partial charge >= 0.3 is 0 Å². The van der Waals surface area contributed by atoms with E-state index in [2.05, 4.69) is 83.8 Å². The van der Waals surface area contributed by atoms with Crippen LogP contribution < -0.4 is 18.6 Å². The van der Waals surface area contributed by atoms with Crippen LogP contribution in [0.1, 0.15) is 64.3 Å².